The van der Waals surface area contributed by atoms with Crippen LogP contribution in [0.3, 0.4) is 0 Å². The molecule has 0 saturated carbocycles. The lowest BCUT2D eigenvalue weighted by atomic mass is 10.0. The molecule has 0 aliphatic carbocycles. The average molecular weight is 486 g/mol. The molecule has 2 aromatic heterocycles. The molecule has 5 rings (SSSR count). The van der Waals surface area contributed by atoms with Gasteiger partial charge in [0.25, 0.3) is 0 Å². The van der Waals surface area contributed by atoms with Crippen LogP contribution in [0.15, 0.2) is 67.5 Å². The number of primary amides is 1. The van der Waals surface area contributed by atoms with E-state index in [1.807, 2.05) is 36.4 Å². The Morgan fingerprint density at radius 2 is 1.94 bits per heavy atom. The zero-order valence-corrected chi connectivity index (χ0v) is 19.7. The number of rotatable bonds is 6. The van der Waals surface area contributed by atoms with Crippen LogP contribution < -0.4 is 21.3 Å². The molecular formula is C26H24ClN7O. The van der Waals surface area contributed by atoms with Gasteiger partial charge >= 0.3 is 0 Å². The Labute approximate surface area is 207 Å². The Hall–Kier alpha value is -4.01. The molecule has 0 unspecified atom stereocenters. The summed E-state index contributed by atoms with van der Waals surface area (Å²) < 4.78 is 0. The molecule has 176 valence electrons. The summed E-state index contributed by atoms with van der Waals surface area (Å²) in [7, 11) is 0. The molecule has 1 fully saturated rings. The predicted octanol–water partition coefficient (Wildman–Crippen LogP) is 4.00. The molecule has 0 atom stereocenters. The van der Waals surface area contributed by atoms with Crippen LogP contribution in [0.25, 0.3) is 27.7 Å². The number of para-hydroxylation sites is 1. The number of nitrogens with one attached hydrogen (secondary N) is 2. The first-order chi connectivity index (χ1) is 17.0. The van der Waals surface area contributed by atoms with E-state index < -0.39 is 5.91 Å². The van der Waals surface area contributed by atoms with Gasteiger partial charge in [0, 0.05) is 60.8 Å². The number of fused-ring (bicyclic) bond motifs is 1. The topological polar surface area (TPSA) is 109 Å². The molecule has 0 bridgehead atoms. The molecule has 0 spiro atoms. The summed E-state index contributed by atoms with van der Waals surface area (Å²) in [5.74, 6) is -0.159. The van der Waals surface area contributed by atoms with E-state index in [1.165, 1.54) is 0 Å². The van der Waals surface area contributed by atoms with E-state index in [0.717, 1.165) is 48.5 Å². The minimum absolute atomic E-state index is 0.227. The molecule has 1 aliphatic rings. The Morgan fingerprint density at radius 3 is 2.71 bits per heavy atom. The Morgan fingerprint density at radius 1 is 1.11 bits per heavy atom. The fourth-order valence-electron chi connectivity index (χ4n) is 4.08. The van der Waals surface area contributed by atoms with Gasteiger partial charge in [-0.2, -0.15) is 0 Å². The fraction of sp³-hybridized carbons (Fsp3) is 0.154. The third kappa shape index (κ3) is 4.80. The number of carbonyl (C=O) groups excluding carboxylic acids is 1. The number of nitrogens with two attached hydrogens (primary N) is 1. The molecule has 1 saturated heterocycles. The quantitative estimate of drug-likeness (QED) is 0.354. The summed E-state index contributed by atoms with van der Waals surface area (Å²) in [6, 6.07) is 15.2. The van der Waals surface area contributed by atoms with Crippen LogP contribution in [0.2, 0.25) is 5.02 Å². The van der Waals surface area contributed by atoms with Gasteiger partial charge in [0.2, 0.25) is 11.9 Å². The average Bonchev–Trinajstić information content (AvgIpc) is 2.89. The summed E-state index contributed by atoms with van der Waals surface area (Å²) in [5.41, 5.74) is 10.2. The van der Waals surface area contributed by atoms with E-state index in [0.29, 0.717) is 27.7 Å². The fourth-order valence-corrected chi connectivity index (χ4v) is 4.30. The summed E-state index contributed by atoms with van der Waals surface area (Å²) in [6.45, 7) is 7.58. The lowest BCUT2D eigenvalue weighted by Gasteiger charge is -2.29. The first kappa shape index (κ1) is 22.8. The number of piperazine rings is 1. The SMILES string of the molecule is C=C(C(N)=O)c1ccnc(-c2cccc3cnc(Nc4ccc(N5CCNCC5)cc4Cl)nc23)c1. The highest BCUT2D eigenvalue weighted by molar-refractivity contribution is 6.33. The van der Waals surface area contributed by atoms with Gasteiger partial charge in [-0.05, 0) is 35.9 Å². The second kappa shape index (κ2) is 9.69. The second-order valence-corrected chi connectivity index (χ2v) is 8.64. The maximum atomic E-state index is 11.6. The molecule has 0 radical (unpaired) electrons. The van der Waals surface area contributed by atoms with Crippen molar-refractivity contribution in [3.8, 4) is 11.3 Å². The third-order valence-corrected chi connectivity index (χ3v) is 6.29. The van der Waals surface area contributed by atoms with Crippen LogP contribution >= 0.6 is 11.6 Å². The van der Waals surface area contributed by atoms with Gasteiger partial charge < -0.3 is 21.3 Å². The molecule has 8 nitrogen and oxygen atoms in total. The smallest absolute Gasteiger partial charge is 0.248 e. The second-order valence-electron chi connectivity index (χ2n) is 8.24. The third-order valence-electron chi connectivity index (χ3n) is 5.97. The molecule has 4 aromatic rings. The number of anilines is 3. The highest BCUT2D eigenvalue weighted by Gasteiger charge is 2.14. The molecule has 1 aliphatic heterocycles. The number of carbonyl (C=O) groups is 1. The Bertz CT molecular complexity index is 1430. The minimum atomic E-state index is -0.575. The van der Waals surface area contributed by atoms with E-state index in [2.05, 4.69) is 32.1 Å². The van der Waals surface area contributed by atoms with Crippen LogP contribution in [0.1, 0.15) is 5.56 Å². The van der Waals surface area contributed by atoms with Crippen molar-refractivity contribution >= 4 is 51.3 Å². The van der Waals surface area contributed by atoms with Gasteiger partial charge in [-0.3, -0.25) is 9.78 Å². The molecule has 1 amide bonds. The molecule has 35 heavy (non-hydrogen) atoms. The number of amides is 1. The van der Waals surface area contributed by atoms with E-state index >= 15 is 0 Å². The highest BCUT2D eigenvalue weighted by Crippen LogP contribution is 2.31. The number of nitrogens with zero attached hydrogens (tertiary/aromatic N) is 4. The van der Waals surface area contributed by atoms with Gasteiger partial charge in [0.15, 0.2) is 0 Å². The molecule has 3 heterocycles. The highest BCUT2D eigenvalue weighted by atomic mass is 35.5. The van der Waals surface area contributed by atoms with Crippen LogP contribution in [-0.4, -0.2) is 47.0 Å². The Kier molecular flexibility index (Phi) is 6.31. The number of hydrogen-bond acceptors (Lipinski definition) is 7. The van der Waals surface area contributed by atoms with Crippen molar-refractivity contribution in [2.24, 2.45) is 5.73 Å². The van der Waals surface area contributed by atoms with Crippen molar-refractivity contribution in [3.05, 3.63) is 78.1 Å². The van der Waals surface area contributed by atoms with E-state index in [9.17, 15) is 4.79 Å². The van der Waals surface area contributed by atoms with Gasteiger partial charge in [-0.25, -0.2) is 9.97 Å². The molecular weight excluding hydrogens is 462 g/mol. The first-order valence-electron chi connectivity index (χ1n) is 11.2. The maximum Gasteiger partial charge on any atom is 0.248 e. The zero-order chi connectivity index (χ0) is 24.4. The standard InChI is InChI=1S/C26H24ClN7O/c1-16(25(28)35)17-7-8-30-23(13-17)20-4-2-3-18-15-31-26(33-24(18)20)32-22-6-5-19(14-21(22)27)34-11-9-29-10-12-34/h2-8,13-15,29H,1,9-12H2,(H2,28,35)(H,31,32,33). The normalized spacial score (nSPS) is 13.6. The van der Waals surface area contributed by atoms with Crippen molar-refractivity contribution in [2.45, 2.75) is 0 Å². The number of halogens is 1. The lowest BCUT2D eigenvalue weighted by molar-refractivity contribution is -0.112. The van der Waals surface area contributed by atoms with Crippen LogP contribution in [0, 0.1) is 0 Å². The van der Waals surface area contributed by atoms with Crippen molar-refractivity contribution in [1.29, 1.82) is 0 Å². The van der Waals surface area contributed by atoms with Gasteiger partial charge in [-0.1, -0.05) is 36.4 Å². The van der Waals surface area contributed by atoms with Crippen molar-refractivity contribution in [1.82, 2.24) is 20.3 Å². The number of aromatic nitrogens is 3. The van der Waals surface area contributed by atoms with E-state index in [4.69, 9.17) is 22.3 Å². The minimum Gasteiger partial charge on any atom is -0.369 e. The van der Waals surface area contributed by atoms with Crippen molar-refractivity contribution in [2.75, 3.05) is 36.4 Å². The monoisotopic (exact) mass is 485 g/mol. The number of benzene rings is 2. The van der Waals surface area contributed by atoms with Crippen LogP contribution in [0.4, 0.5) is 17.3 Å². The van der Waals surface area contributed by atoms with E-state index in [1.54, 1.807) is 24.5 Å². The van der Waals surface area contributed by atoms with Crippen LogP contribution in [-0.2, 0) is 4.79 Å². The van der Waals surface area contributed by atoms with Gasteiger partial charge in [0.1, 0.15) is 0 Å². The molecule has 4 N–H and O–H groups in total. The maximum absolute atomic E-state index is 11.6. The summed E-state index contributed by atoms with van der Waals surface area (Å²) in [4.78, 5) is 27.6. The van der Waals surface area contributed by atoms with Crippen molar-refractivity contribution < 1.29 is 4.79 Å². The van der Waals surface area contributed by atoms with E-state index in [-0.39, 0.29) is 5.57 Å². The van der Waals surface area contributed by atoms with Crippen molar-refractivity contribution in [3.63, 3.8) is 0 Å². The number of hydrogen-bond donors (Lipinski definition) is 3. The first-order valence-corrected chi connectivity index (χ1v) is 11.6. The predicted molar refractivity (Wildman–Crippen MR) is 141 cm³/mol. The molecule has 9 heteroatoms. The van der Waals surface area contributed by atoms with Crippen LogP contribution in [0.5, 0.6) is 0 Å². The molecule has 2 aromatic carbocycles. The summed E-state index contributed by atoms with van der Waals surface area (Å²) in [5, 5.41) is 8.04. The van der Waals surface area contributed by atoms with Gasteiger partial charge in [0.05, 0.1) is 21.9 Å². The largest absolute Gasteiger partial charge is 0.369 e. The summed E-state index contributed by atoms with van der Waals surface area (Å²) >= 11 is 6.60. The summed E-state index contributed by atoms with van der Waals surface area (Å²) in [6.07, 6.45) is 3.38. The number of pyridine rings is 1. The van der Waals surface area contributed by atoms with Gasteiger partial charge in [-0.15, -0.1) is 0 Å². The Balaban J connectivity index is 1.47. The zero-order valence-electron chi connectivity index (χ0n) is 19.0. The lowest BCUT2D eigenvalue weighted by Crippen LogP contribution is -2.43.